The third kappa shape index (κ3) is 3.88. The Bertz CT molecular complexity index is 725. The number of nitrogen functional groups attached to an aromatic ring is 1. The van der Waals surface area contributed by atoms with Crippen molar-refractivity contribution in [3.63, 3.8) is 0 Å². The minimum Gasteiger partial charge on any atom is -0.494 e. The lowest BCUT2D eigenvalue weighted by atomic mass is 10.2. The van der Waals surface area contributed by atoms with Crippen LogP contribution in [-0.4, -0.2) is 21.3 Å². The summed E-state index contributed by atoms with van der Waals surface area (Å²) in [6, 6.07) is 12.1. The van der Waals surface area contributed by atoms with Crippen LogP contribution in [0.25, 0.3) is 0 Å². The van der Waals surface area contributed by atoms with Crippen LogP contribution in [0.4, 0.5) is 17.1 Å². The third-order valence-electron chi connectivity index (χ3n) is 2.90. The molecule has 0 radical (unpaired) electrons. The average Bonchev–Trinajstić information content (AvgIpc) is 2.42. The number of anilines is 3. The van der Waals surface area contributed by atoms with Crippen molar-refractivity contribution in [3.05, 3.63) is 42.5 Å². The largest absolute Gasteiger partial charge is 0.494 e. The summed E-state index contributed by atoms with van der Waals surface area (Å²) in [6.07, 6.45) is 1.15. The van der Waals surface area contributed by atoms with Crippen molar-refractivity contribution in [3.8, 4) is 5.75 Å². The predicted molar refractivity (Wildman–Crippen MR) is 84.9 cm³/mol. The number of hydrogen-bond donors (Lipinski definition) is 2. The predicted octanol–water partition coefficient (Wildman–Crippen LogP) is 2.81. The summed E-state index contributed by atoms with van der Waals surface area (Å²) in [6.45, 7) is 2.54. The Morgan fingerprint density at radius 1 is 1.14 bits per heavy atom. The first-order chi connectivity index (χ1) is 9.90. The van der Waals surface area contributed by atoms with E-state index in [0.717, 1.165) is 17.7 Å². The van der Waals surface area contributed by atoms with Crippen LogP contribution in [0.15, 0.2) is 47.4 Å². The van der Waals surface area contributed by atoms with Gasteiger partial charge in [-0.1, -0.05) is 0 Å². The minimum atomic E-state index is -3.25. The molecule has 2 aromatic carbocycles. The second-order valence-electron chi connectivity index (χ2n) is 4.60. The van der Waals surface area contributed by atoms with Gasteiger partial charge in [-0.15, -0.1) is 0 Å². The zero-order chi connectivity index (χ0) is 15.5. The van der Waals surface area contributed by atoms with Crippen LogP contribution in [0.5, 0.6) is 5.75 Å². The first-order valence-electron chi connectivity index (χ1n) is 6.49. The van der Waals surface area contributed by atoms with Crippen molar-refractivity contribution in [2.24, 2.45) is 0 Å². The van der Waals surface area contributed by atoms with Gasteiger partial charge >= 0.3 is 0 Å². The van der Waals surface area contributed by atoms with Gasteiger partial charge in [-0.3, -0.25) is 0 Å². The lowest BCUT2D eigenvalue weighted by Crippen LogP contribution is -2.01. The van der Waals surface area contributed by atoms with E-state index in [4.69, 9.17) is 10.5 Å². The van der Waals surface area contributed by atoms with E-state index in [1.54, 1.807) is 6.07 Å². The topological polar surface area (TPSA) is 81.4 Å². The van der Waals surface area contributed by atoms with Crippen molar-refractivity contribution >= 4 is 26.9 Å². The molecule has 0 spiro atoms. The maximum Gasteiger partial charge on any atom is 0.175 e. The van der Waals surface area contributed by atoms with Crippen molar-refractivity contribution in [2.75, 3.05) is 23.9 Å². The molecule has 0 aliphatic heterocycles. The van der Waals surface area contributed by atoms with E-state index >= 15 is 0 Å². The van der Waals surface area contributed by atoms with Crippen LogP contribution in [0.1, 0.15) is 6.92 Å². The second kappa shape index (κ2) is 6.05. The first-order valence-corrected chi connectivity index (χ1v) is 8.39. The summed E-state index contributed by atoms with van der Waals surface area (Å²) >= 11 is 0. The molecule has 0 aliphatic rings. The number of hydrogen-bond acceptors (Lipinski definition) is 5. The van der Waals surface area contributed by atoms with Crippen molar-refractivity contribution in [2.45, 2.75) is 11.8 Å². The fourth-order valence-corrected chi connectivity index (χ4v) is 2.50. The maximum atomic E-state index is 11.5. The summed E-state index contributed by atoms with van der Waals surface area (Å²) in [7, 11) is -3.25. The Labute approximate surface area is 124 Å². The summed E-state index contributed by atoms with van der Waals surface area (Å²) in [4.78, 5) is 0.206. The smallest absolute Gasteiger partial charge is 0.175 e. The van der Waals surface area contributed by atoms with Gasteiger partial charge in [0, 0.05) is 11.9 Å². The fraction of sp³-hybridized carbons (Fsp3) is 0.200. The van der Waals surface area contributed by atoms with E-state index in [1.165, 1.54) is 12.1 Å². The molecule has 0 amide bonds. The Balaban J connectivity index is 2.20. The van der Waals surface area contributed by atoms with Crippen molar-refractivity contribution in [1.29, 1.82) is 0 Å². The number of ether oxygens (including phenoxy) is 1. The molecule has 112 valence electrons. The molecule has 0 aromatic heterocycles. The number of nitrogens with two attached hydrogens (primary N) is 1. The molecular weight excluding hydrogens is 288 g/mol. The Kier molecular flexibility index (Phi) is 4.37. The quantitative estimate of drug-likeness (QED) is 0.830. The summed E-state index contributed by atoms with van der Waals surface area (Å²) in [5.74, 6) is 0.795. The van der Waals surface area contributed by atoms with Crippen LogP contribution in [0.3, 0.4) is 0 Å². The third-order valence-corrected chi connectivity index (χ3v) is 4.01. The molecule has 0 unspecified atom stereocenters. The molecule has 0 fully saturated rings. The van der Waals surface area contributed by atoms with E-state index in [-0.39, 0.29) is 4.90 Å². The van der Waals surface area contributed by atoms with E-state index in [9.17, 15) is 8.42 Å². The van der Waals surface area contributed by atoms with Gasteiger partial charge in [0.1, 0.15) is 5.75 Å². The van der Waals surface area contributed by atoms with Crippen LogP contribution in [0.2, 0.25) is 0 Å². The van der Waals surface area contributed by atoms with Gasteiger partial charge in [0.2, 0.25) is 0 Å². The Morgan fingerprint density at radius 2 is 1.81 bits per heavy atom. The van der Waals surface area contributed by atoms with Crippen molar-refractivity contribution < 1.29 is 13.2 Å². The molecular formula is C15H18N2O3S. The highest BCUT2D eigenvalue weighted by molar-refractivity contribution is 7.90. The van der Waals surface area contributed by atoms with Gasteiger partial charge in [0.05, 0.1) is 22.9 Å². The van der Waals surface area contributed by atoms with Gasteiger partial charge in [-0.2, -0.15) is 0 Å². The fourth-order valence-electron chi connectivity index (χ4n) is 1.84. The average molecular weight is 306 g/mol. The molecule has 3 N–H and O–H groups in total. The number of sulfone groups is 1. The molecule has 5 nitrogen and oxygen atoms in total. The number of rotatable bonds is 5. The Morgan fingerprint density at radius 3 is 2.33 bits per heavy atom. The number of nitrogens with one attached hydrogen (secondary N) is 1. The van der Waals surface area contributed by atoms with Gasteiger partial charge in [-0.25, -0.2) is 8.42 Å². The van der Waals surface area contributed by atoms with E-state index < -0.39 is 9.84 Å². The van der Waals surface area contributed by atoms with Gasteiger partial charge in [0.15, 0.2) is 9.84 Å². The highest BCUT2D eigenvalue weighted by Crippen LogP contribution is 2.26. The summed E-state index contributed by atoms with van der Waals surface area (Å²) < 4.78 is 28.3. The van der Waals surface area contributed by atoms with Crippen LogP contribution < -0.4 is 15.8 Å². The molecule has 2 aromatic rings. The lowest BCUT2D eigenvalue weighted by Gasteiger charge is -2.11. The molecule has 2 rings (SSSR count). The lowest BCUT2D eigenvalue weighted by molar-refractivity contribution is 0.340. The zero-order valence-corrected chi connectivity index (χ0v) is 12.8. The molecule has 0 saturated carbocycles. The van der Waals surface area contributed by atoms with Crippen LogP contribution in [-0.2, 0) is 9.84 Å². The standard InChI is InChI=1S/C15H18N2O3S/c1-3-20-12-6-4-11(5-7-12)17-15-9-8-13(10-14(15)16)21(2,18)19/h4-10,17H,3,16H2,1-2H3. The first kappa shape index (κ1) is 15.2. The Hall–Kier alpha value is -2.21. The summed E-state index contributed by atoms with van der Waals surface area (Å²) in [5, 5.41) is 3.14. The highest BCUT2D eigenvalue weighted by atomic mass is 32.2. The van der Waals surface area contributed by atoms with Crippen molar-refractivity contribution in [1.82, 2.24) is 0 Å². The van der Waals surface area contributed by atoms with E-state index in [2.05, 4.69) is 5.32 Å². The second-order valence-corrected chi connectivity index (χ2v) is 6.62. The highest BCUT2D eigenvalue weighted by Gasteiger charge is 2.09. The minimum absolute atomic E-state index is 0.206. The molecule has 6 heteroatoms. The van der Waals surface area contributed by atoms with Gasteiger partial charge in [0.25, 0.3) is 0 Å². The molecule has 0 heterocycles. The normalized spacial score (nSPS) is 11.1. The number of benzene rings is 2. The molecule has 0 bridgehead atoms. The molecule has 0 aliphatic carbocycles. The van der Waals surface area contributed by atoms with Gasteiger partial charge < -0.3 is 15.8 Å². The van der Waals surface area contributed by atoms with Crippen LogP contribution >= 0.6 is 0 Å². The summed E-state index contributed by atoms with van der Waals surface area (Å²) in [5.41, 5.74) is 7.78. The van der Waals surface area contributed by atoms with E-state index in [0.29, 0.717) is 18.0 Å². The van der Waals surface area contributed by atoms with E-state index in [1.807, 2.05) is 31.2 Å². The zero-order valence-electron chi connectivity index (χ0n) is 12.0. The molecule has 0 atom stereocenters. The molecule has 21 heavy (non-hydrogen) atoms. The van der Waals surface area contributed by atoms with Crippen LogP contribution in [0, 0.1) is 0 Å². The monoisotopic (exact) mass is 306 g/mol. The maximum absolute atomic E-state index is 11.5. The molecule has 0 saturated heterocycles. The SMILES string of the molecule is CCOc1ccc(Nc2ccc(S(C)(=O)=O)cc2N)cc1. The van der Waals surface area contributed by atoms with Gasteiger partial charge in [-0.05, 0) is 49.4 Å².